The standard InChI is InChI=1S/C8H7F3N2O3/c9-8(10,11)5-1-3-12-7(13-5)16-4-2-6(14)15/h1,3H,2,4H2,(H,14,15). The lowest BCUT2D eigenvalue weighted by Crippen LogP contribution is -2.11. The van der Waals surface area contributed by atoms with E-state index in [1.54, 1.807) is 0 Å². The largest absolute Gasteiger partial charge is 0.481 e. The van der Waals surface area contributed by atoms with Crippen LogP contribution in [0.4, 0.5) is 13.2 Å². The SMILES string of the molecule is O=C(O)CCOc1nccc(C(F)(F)F)n1. The Morgan fingerprint density at radius 3 is 2.75 bits per heavy atom. The van der Waals surface area contributed by atoms with E-state index >= 15 is 0 Å². The fourth-order valence-electron chi connectivity index (χ4n) is 0.798. The van der Waals surface area contributed by atoms with E-state index in [0.29, 0.717) is 6.07 Å². The van der Waals surface area contributed by atoms with Gasteiger partial charge in [0.25, 0.3) is 0 Å². The number of nitrogens with zero attached hydrogens (tertiary/aromatic N) is 2. The van der Waals surface area contributed by atoms with Crippen LogP contribution in [-0.2, 0) is 11.0 Å². The number of aliphatic carboxylic acids is 1. The Labute approximate surface area is 87.9 Å². The first-order valence-corrected chi connectivity index (χ1v) is 4.14. The molecular formula is C8H7F3N2O3. The summed E-state index contributed by atoms with van der Waals surface area (Å²) in [7, 11) is 0. The van der Waals surface area contributed by atoms with E-state index in [0.717, 1.165) is 6.20 Å². The highest BCUT2D eigenvalue weighted by atomic mass is 19.4. The average molecular weight is 236 g/mol. The van der Waals surface area contributed by atoms with Gasteiger partial charge >= 0.3 is 18.2 Å². The van der Waals surface area contributed by atoms with E-state index in [1.807, 2.05) is 0 Å². The van der Waals surface area contributed by atoms with Crippen molar-refractivity contribution in [1.82, 2.24) is 9.97 Å². The van der Waals surface area contributed by atoms with Crippen LogP contribution >= 0.6 is 0 Å². The zero-order chi connectivity index (χ0) is 12.2. The number of halogens is 3. The van der Waals surface area contributed by atoms with Gasteiger partial charge in [0, 0.05) is 6.20 Å². The predicted octanol–water partition coefficient (Wildman–Crippen LogP) is 1.35. The Hall–Kier alpha value is -1.86. The number of alkyl halides is 3. The number of carbonyl (C=O) groups is 1. The molecule has 16 heavy (non-hydrogen) atoms. The Balaban J connectivity index is 2.64. The lowest BCUT2D eigenvalue weighted by atomic mass is 10.4. The molecule has 0 unspecified atom stereocenters. The monoisotopic (exact) mass is 236 g/mol. The first-order valence-electron chi connectivity index (χ1n) is 4.14. The Morgan fingerprint density at radius 1 is 1.50 bits per heavy atom. The molecule has 0 radical (unpaired) electrons. The van der Waals surface area contributed by atoms with Crippen LogP contribution in [0.3, 0.4) is 0 Å². The van der Waals surface area contributed by atoms with Gasteiger partial charge in [-0.15, -0.1) is 0 Å². The van der Waals surface area contributed by atoms with E-state index in [-0.39, 0.29) is 13.0 Å². The summed E-state index contributed by atoms with van der Waals surface area (Å²) >= 11 is 0. The summed E-state index contributed by atoms with van der Waals surface area (Å²) in [6, 6.07) is 0.209. The van der Waals surface area contributed by atoms with Crippen LogP contribution in [-0.4, -0.2) is 27.7 Å². The average Bonchev–Trinajstić information content (AvgIpc) is 2.16. The molecule has 1 aromatic heterocycles. The van der Waals surface area contributed by atoms with Crippen LogP contribution in [0.2, 0.25) is 0 Å². The van der Waals surface area contributed by atoms with Crippen molar-refractivity contribution in [3.63, 3.8) is 0 Å². The number of rotatable bonds is 4. The lowest BCUT2D eigenvalue weighted by Gasteiger charge is -2.07. The minimum Gasteiger partial charge on any atom is -0.481 e. The molecule has 5 nitrogen and oxygen atoms in total. The number of carboxylic acid groups (broad SMARTS) is 1. The second-order valence-electron chi connectivity index (χ2n) is 2.71. The van der Waals surface area contributed by atoms with Gasteiger partial charge in [0.05, 0.1) is 6.42 Å². The highest BCUT2D eigenvalue weighted by molar-refractivity contribution is 5.66. The number of aromatic nitrogens is 2. The molecule has 0 aliphatic rings. The molecule has 0 aliphatic carbocycles. The Kier molecular flexibility index (Phi) is 3.64. The molecule has 0 aliphatic heterocycles. The highest BCUT2D eigenvalue weighted by Crippen LogP contribution is 2.27. The molecule has 0 spiro atoms. The third-order valence-electron chi connectivity index (χ3n) is 1.47. The predicted molar refractivity (Wildman–Crippen MR) is 44.8 cm³/mol. The first-order chi connectivity index (χ1) is 7.39. The highest BCUT2D eigenvalue weighted by Gasteiger charge is 2.32. The van der Waals surface area contributed by atoms with Crippen molar-refractivity contribution in [2.45, 2.75) is 12.6 Å². The van der Waals surface area contributed by atoms with E-state index < -0.39 is 23.8 Å². The molecule has 8 heteroatoms. The van der Waals surface area contributed by atoms with E-state index in [4.69, 9.17) is 5.11 Å². The van der Waals surface area contributed by atoms with E-state index in [1.165, 1.54) is 0 Å². The maximum Gasteiger partial charge on any atom is 0.433 e. The van der Waals surface area contributed by atoms with E-state index in [2.05, 4.69) is 14.7 Å². The molecule has 0 saturated carbocycles. The van der Waals surface area contributed by atoms with Crippen LogP contribution in [0.25, 0.3) is 0 Å². The molecule has 1 N–H and O–H groups in total. The molecule has 88 valence electrons. The second-order valence-corrected chi connectivity index (χ2v) is 2.71. The van der Waals surface area contributed by atoms with Crippen LogP contribution < -0.4 is 4.74 Å². The summed E-state index contributed by atoms with van der Waals surface area (Å²) < 4.78 is 41.2. The smallest absolute Gasteiger partial charge is 0.433 e. The van der Waals surface area contributed by atoms with Gasteiger partial charge in [0.2, 0.25) is 0 Å². The maximum atomic E-state index is 12.2. The first kappa shape index (κ1) is 12.2. The molecule has 0 atom stereocenters. The van der Waals surface area contributed by atoms with E-state index in [9.17, 15) is 18.0 Å². The second kappa shape index (κ2) is 4.77. The zero-order valence-corrected chi connectivity index (χ0v) is 7.86. The van der Waals surface area contributed by atoms with Crippen molar-refractivity contribution in [3.05, 3.63) is 18.0 Å². The Morgan fingerprint density at radius 2 is 2.19 bits per heavy atom. The molecule has 0 amide bonds. The van der Waals surface area contributed by atoms with Crippen molar-refractivity contribution >= 4 is 5.97 Å². The number of hydrogen-bond donors (Lipinski definition) is 1. The third-order valence-corrected chi connectivity index (χ3v) is 1.47. The summed E-state index contributed by atoms with van der Waals surface area (Å²) in [6.45, 7) is -0.281. The van der Waals surface area contributed by atoms with Gasteiger partial charge in [-0.25, -0.2) is 4.98 Å². The number of carboxylic acids is 1. The summed E-state index contributed by atoms with van der Waals surface area (Å²) in [5, 5.41) is 8.27. The molecular weight excluding hydrogens is 229 g/mol. The third kappa shape index (κ3) is 3.71. The summed E-state index contributed by atoms with van der Waals surface area (Å²) in [5.74, 6) is -1.12. The summed E-state index contributed by atoms with van der Waals surface area (Å²) in [6.07, 6.45) is -4.01. The molecule has 0 fully saturated rings. The topological polar surface area (TPSA) is 72.3 Å². The molecule has 1 aromatic rings. The van der Waals surface area contributed by atoms with Gasteiger partial charge in [0.15, 0.2) is 5.69 Å². The minimum absolute atomic E-state index is 0.281. The fraction of sp³-hybridized carbons (Fsp3) is 0.375. The lowest BCUT2D eigenvalue weighted by molar-refractivity contribution is -0.142. The Bertz CT molecular complexity index is 381. The van der Waals surface area contributed by atoms with Crippen LogP contribution in [0, 0.1) is 0 Å². The van der Waals surface area contributed by atoms with Gasteiger partial charge in [0.1, 0.15) is 6.61 Å². The van der Waals surface area contributed by atoms with Crippen molar-refractivity contribution in [2.75, 3.05) is 6.61 Å². The number of ether oxygens (including phenoxy) is 1. The summed E-state index contributed by atoms with van der Waals surface area (Å²) in [5.41, 5.74) is -1.13. The fourth-order valence-corrected chi connectivity index (χ4v) is 0.798. The van der Waals surface area contributed by atoms with Crippen LogP contribution in [0.5, 0.6) is 6.01 Å². The number of hydrogen-bond acceptors (Lipinski definition) is 4. The van der Waals surface area contributed by atoms with Gasteiger partial charge in [-0.3, -0.25) is 4.79 Å². The minimum atomic E-state index is -4.58. The normalized spacial score (nSPS) is 11.2. The van der Waals surface area contributed by atoms with Crippen molar-refractivity contribution in [1.29, 1.82) is 0 Å². The quantitative estimate of drug-likeness (QED) is 0.854. The van der Waals surface area contributed by atoms with Crippen LogP contribution in [0.15, 0.2) is 12.3 Å². The van der Waals surface area contributed by atoms with Crippen LogP contribution in [0.1, 0.15) is 12.1 Å². The molecule has 0 aromatic carbocycles. The van der Waals surface area contributed by atoms with Gasteiger partial charge in [-0.2, -0.15) is 18.2 Å². The molecule has 1 rings (SSSR count). The van der Waals surface area contributed by atoms with Gasteiger partial charge in [-0.05, 0) is 6.07 Å². The van der Waals surface area contributed by atoms with Gasteiger partial charge < -0.3 is 9.84 Å². The van der Waals surface area contributed by atoms with Crippen molar-refractivity contribution in [2.24, 2.45) is 0 Å². The summed E-state index contributed by atoms with van der Waals surface area (Å²) in [4.78, 5) is 16.6. The molecule has 0 saturated heterocycles. The molecule has 0 bridgehead atoms. The molecule has 1 heterocycles. The van der Waals surface area contributed by atoms with Gasteiger partial charge in [-0.1, -0.05) is 0 Å². The van der Waals surface area contributed by atoms with Crippen molar-refractivity contribution < 1.29 is 27.8 Å². The zero-order valence-electron chi connectivity index (χ0n) is 7.86. The maximum absolute atomic E-state index is 12.2. The van der Waals surface area contributed by atoms with Crippen molar-refractivity contribution in [3.8, 4) is 6.01 Å².